The van der Waals surface area contributed by atoms with E-state index in [4.69, 9.17) is 0 Å². The van der Waals surface area contributed by atoms with Crippen LogP contribution < -0.4 is 4.90 Å². The summed E-state index contributed by atoms with van der Waals surface area (Å²) in [6.07, 6.45) is 3.74. The van der Waals surface area contributed by atoms with Crippen molar-refractivity contribution in [3.8, 4) is 0 Å². The van der Waals surface area contributed by atoms with Gasteiger partial charge in [0.15, 0.2) is 5.69 Å². The van der Waals surface area contributed by atoms with Crippen molar-refractivity contribution in [2.24, 2.45) is 0 Å². The molecule has 1 amide bonds. The zero-order valence-electron chi connectivity index (χ0n) is 13.6. The molecule has 0 bridgehead atoms. The summed E-state index contributed by atoms with van der Waals surface area (Å²) < 4.78 is 1.96. The van der Waals surface area contributed by atoms with Crippen LogP contribution in [0.1, 0.15) is 16.3 Å². The molecule has 0 radical (unpaired) electrons. The SMILES string of the molecule is Cc1nc(C(=O)N2CCN(c3ccccn3)CC2)c2ccccn12. The van der Waals surface area contributed by atoms with Gasteiger partial charge in [-0.3, -0.25) is 4.79 Å². The van der Waals surface area contributed by atoms with Gasteiger partial charge in [0.1, 0.15) is 11.6 Å². The molecule has 6 nitrogen and oxygen atoms in total. The van der Waals surface area contributed by atoms with Crippen LogP contribution in [0.4, 0.5) is 5.82 Å². The number of pyridine rings is 2. The van der Waals surface area contributed by atoms with Crippen LogP contribution >= 0.6 is 0 Å². The van der Waals surface area contributed by atoms with Gasteiger partial charge >= 0.3 is 0 Å². The van der Waals surface area contributed by atoms with Gasteiger partial charge in [0.05, 0.1) is 5.52 Å². The Labute approximate surface area is 140 Å². The Hall–Kier alpha value is -2.89. The summed E-state index contributed by atoms with van der Waals surface area (Å²) >= 11 is 0. The number of hydrogen-bond acceptors (Lipinski definition) is 4. The van der Waals surface area contributed by atoms with Crippen LogP contribution in [0, 0.1) is 6.92 Å². The van der Waals surface area contributed by atoms with Crippen LogP contribution in [-0.2, 0) is 0 Å². The molecule has 1 aliphatic rings. The number of aromatic nitrogens is 3. The number of imidazole rings is 1. The third-order valence-electron chi connectivity index (χ3n) is 4.47. The van der Waals surface area contributed by atoms with Crippen molar-refractivity contribution < 1.29 is 4.79 Å². The normalized spacial score (nSPS) is 15.0. The maximum Gasteiger partial charge on any atom is 0.274 e. The van der Waals surface area contributed by atoms with Crippen LogP contribution in [0.15, 0.2) is 48.8 Å². The van der Waals surface area contributed by atoms with Gasteiger partial charge in [0.2, 0.25) is 0 Å². The second-order valence-electron chi connectivity index (χ2n) is 5.93. The lowest BCUT2D eigenvalue weighted by molar-refractivity contribution is 0.0743. The smallest absolute Gasteiger partial charge is 0.274 e. The molecule has 1 aliphatic heterocycles. The Morgan fingerprint density at radius 1 is 1.04 bits per heavy atom. The number of rotatable bonds is 2. The zero-order chi connectivity index (χ0) is 16.5. The molecule has 0 atom stereocenters. The minimum absolute atomic E-state index is 0.00692. The van der Waals surface area contributed by atoms with Gasteiger partial charge in [-0.2, -0.15) is 0 Å². The lowest BCUT2D eigenvalue weighted by Gasteiger charge is -2.35. The molecule has 0 saturated carbocycles. The van der Waals surface area contributed by atoms with Gasteiger partial charge in [0.25, 0.3) is 5.91 Å². The third kappa shape index (κ3) is 2.50. The highest BCUT2D eigenvalue weighted by Crippen LogP contribution is 2.17. The van der Waals surface area contributed by atoms with Crippen molar-refractivity contribution in [2.45, 2.75) is 6.92 Å². The fourth-order valence-electron chi connectivity index (χ4n) is 3.18. The van der Waals surface area contributed by atoms with E-state index in [1.54, 1.807) is 6.20 Å². The van der Waals surface area contributed by atoms with E-state index in [2.05, 4.69) is 14.9 Å². The van der Waals surface area contributed by atoms with Crippen LogP contribution in [0.2, 0.25) is 0 Å². The van der Waals surface area contributed by atoms with E-state index >= 15 is 0 Å². The number of carbonyl (C=O) groups excluding carboxylic acids is 1. The van der Waals surface area contributed by atoms with Crippen molar-refractivity contribution in [2.75, 3.05) is 31.1 Å². The van der Waals surface area contributed by atoms with Crippen molar-refractivity contribution in [1.29, 1.82) is 0 Å². The Kier molecular flexibility index (Phi) is 3.65. The van der Waals surface area contributed by atoms with E-state index in [0.717, 1.165) is 30.2 Å². The van der Waals surface area contributed by atoms with E-state index in [-0.39, 0.29) is 5.91 Å². The molecule has 4 rings (SSSR count). The first-order valence-electron chi connectivity index (χ1n) is 8.13. The Morgan fingerprint density at radius 2 is 1.83 bits per heavy atom. The van der Waals surface area contributed by atoms with Crippen molar-refractivity contribution in [1.82, 2.24) is 19.3 Å². The van der Waals surface area contributed by atoms with Crippen LogP contribution in [0.25, 0.3) is 5.52 Å². The summed E-state index contributed by atoms with van der Waals surface area (Å²) in [7, 11) is 0. The standard InChI is InChI=1S/C18H19N5O/c1-14-20-17(15-6-3-5-9-23(14)15)18(24)22-12-10-21(11-13-22)16-7-2-4-8-19-16/h2-9H,10-13H2,1H3. The Bertz CT molecular complexity index is 866. The molecule has 4 heterocycles. The lowest BCUT2D eigenvalue weighted by Crippen LogP contribution is -2.49. The predicted molar refractivity (Wildman–Crippen MR) is 92.3 cm³/mol. The van der Waals surface area contributed by atoms with Gasteiger partial charge in [-0.1, -0.05) is 12.1 Å². The van der Waals surface area contributed by atoms with Crippen LogP contribution in [-0.4, -0.2) is 51.4 Å². The molecule has 24 heavy (non-hydrogen) atoms. The average molecular weight is 321 g/mol. The molecule has 122 valence electrons. The number of fused-ring (bicyclic) bond motifs is 1. The number of amides is 1. The highest BCUT2D eigenvalue weighted by atomic mass is 16.2. The monoisotopic (exact) mass is 321 g/mol. The first-order chi connectivity index (χ1) is 11.7. The number of piperazine rings is 1. The predicted octanol–water partition coefficient (Wildman–Crippen LogP) is 2.00. The number of carbonyl (C=O) groups is 1. The molecular formula is C18H19N5O. The maximum absolute atomic E-state index is 12.9. The van der Waals surface area contributed by atoms with Gasteiger partial charge in [-0.05, 0) is 31.2 Å². The number of hydrogen-bond donors (Lipinski definition) is 0. The Balaban J connectivity index is 1.52. The van der Waals surface area contributed by atoms with Crippen LogP contribution in [0.5, 0.6) is 0 Å². The molecule has 0 unspecified atom stereocenters. The fraction of sp³-hybridized carbons (Fsp3) is 0.278. The first-order valence-corrected chi connectivity index (χ1v) is 8.13. The Morgan fingerprint density at radius 3 is 2.58 bits per heavy atom. The zero-order valence-corrected chi connectivity index (χ0v) is 13.6. The van der Waals surface area contributed by atoms with E-state index in [0.29, 0.717) is 18.8 Å². The quantitative estimate of drug-likeness (QED) is 0.724. The molecule has 0 N–H and O–H groups in total. The van der Waals surface area contributed by atoms with Gasteiger partial charge in [0, 0.05) is 38.6 Å². The minimum atomic E-state index is 0.00692. The largest absolute Gasteiger partial charge is 0.353 e. The summed E-state index contributed by atoms with van der Waals surface area (Å²) in [6.45, 7) is 4.85. The van der Waals surface area contributed by atoms with Gasteiger partial charge in [-0.15, -0.1) is 0 Å². The highest BCUT2D eigenvalue weighted by Gasteiger charge is 2.26. The fourth-order valence-corrected chi connectivity index (χ4v) is 3.18. The average Bonchev–Trinajstić information content (AvgIpc) is 2.99. The minimum Gasteiger partial charge on any atom is -0.353 e. The maximum atomic E-state index is 12.9. The summed E-state index contributed by atoms with van der Waals surface area (Å²) in [6, 6.07) is 11.7. The van der Waals surface area contributed by atoms with E-state index in [1.807, 2.05) is 58.8 Å². The van der Waals surface area contributed by atoms with Crippen molar-refractivity contribution >= 4 is 17.2 Å². The molecule has 1 fully saturated rings. The second-order valence-corrected chi connectivity index (χ2v) is 5.93. The number of aryl methyl sites for hydroxylation is 1. The summed E-state index contributed by atoms with van der Waals surface area (Å²) in [5, 5.41) is 0. The molecule has 0 aliphatic carbocycles. The molecule has 0 aromatic carbocycles. The molecule has 1 saturated heterocycles. The number of anilines is 1. The van der Waals surface area contributed by atoms with Gasteiger partial charge < -0.3 is 14.2 Å². The van der Waals surface area contributed by atoms with E-state index < -0.39 is 0 Å². The third-order valence-corrected chi connectivity index (χ3v) is 4.47. The first kappa shape index (κ1) is 14.7. The van der Waals surface area contributed by atoms with Crippen molar-refractivity contribution in [3.63, 3.8) is 0 Å². The summed E-state index contributed by atoms with van der Waals surface area (Å²) in [5.41, 5.74) is 1.41. The van der Waals surface area contributed by atoms with Crippen molar-refractivity contribution in [3.05, 3.63) is 60.3 Å². The lowest BCUT2D eigenvalue weighted by atomic mass is 10.2. The molecule has 0 spiro atoms. The number of nitrogens with zero attached hydrogens (tertiary/aromatic N) is 5. The summed E-state index contributed by atoms with van der Waals surface area (Å²) in [4.78, 5) is 25.8. The van der Waals surface area contributed by atoms with Gasteiger partial charge in [-0.25, -0.2) is 9.97 Å². The van der Waals surface area contributed by atoms with Crippen LogP contribution in [0.3, 0.4) is 0 Å². The summed E-state index contributed by atoms with van der Waals surface area (Å²) in [5.74, 6) is 1.81. The topological polar surface area (TPSA) is 53.7 Å². The highest BCUT2D eigenvalue weighted by molar-refractivity contribution is 5.99. The van der Waals surface area contributed by atoms with E-state index in [9.17, 15) is 4.79 Å². The molecule has 3 aromatic rings. The molecule has 6 heteroatoms. The molecular weight excluding hydrogens is 302 g/mol. The van der Waals surface area contributed by atoms with E-state index in [1.165, 1.54) is 0 Å². The molecule has 3 aromatic heterocycles. The second kappa shape index (κ2) is 5.96.